The van der Waals surface area contributed by atoms with Gasteiger partial charge in [-0.3, -0.25) is 0 Å². The van der Waals surface area contributed by atoms with Crippen LogP contribution in [0, 0.1) is 0 Å². The van der Waals surface area contributed by atoms with Crippen LogP contribution in [0.4, 0.5) is 0 Å². The largest absolute Gasteiger partial charge is 0.497 e. The highest BCUT2D eigenvalue weighted by Gasteiger charge is 2.26. The van der Waals surface area contributed by atoms with Gasteiger partial charge in [0.05, 0.1) is 6.26 Å². The number of benzene rings is 1. The van der Waals surface area contributed by atoms with Crippen LogP contribution < -0.4 is 0 Å². The standard InChI is InChI=1S/C16H20O/c1-2-3-13-17-16-12-8-7-11-15(16)14-9-5-4-6-10-14/h2-6,9-10,13,15-16H,1,7-8,11-12H2/b13-3+/t15-,16+/m1/s1. The molecule has 0 radical (unpaired) electrons. The minimum Gasteiger partial charge on any atom is -0.497 e. The maximum absolute atomic E-state index is 5.84. The van der Waals surface area contributed by atoms with Crippen molar-refractivity contribution in [3.8, 4) is 0 Å². The number of rotatable bonds is 4. The molecule has 1 fully saturated rings. The molecule has 1 aliphatic carbocycles. The van der Waals surface area contributed by atoms with Crippen molar-refractivity contribution in [1.82, 2.24) is 0 Å². The summed E-state index contributed by atoms with van der Waals surface area (Å²) in [6, 6.07) is 10.7. The summed E-state index contributed by atoms with van der Waals surface area (Å²) in [6.07, 6.45) is 10.7. The molecule has 2 atom stereocenters. The van der Waals surface area contributed by atoms with Gasteiger partial charge in [-0.15, -0.1) is 0 Å². The molecule has 0 amide bonds. The zero-order valence-electron chi connectivity index (χ0n) is 10.2. The van der Waals surface area contributed by atoms with E-state index in [1.807, 2.05) is 6.08 Å². The minimum absolute atomic E-state index is 0.322. The van der Waals surface area contributed by atoms with Gasteiger partial charge in [0.2, 0.25) is 0 Å². The van der Waals surface area contributed by atoms with Crippen molar-refractivity contribution in [3.63, 3.8) is 0 Å². The van der Waals surface area contributed by atoms with Crippen LogP contribution in [0.1, 0.15) is 37.2 Å². The Balaban J connectivity index is 2.07. The summed E-state index contributed by atoms with van der Waals surface area (Å²) in [5.74, 6) is 0.541. The molecule has 1 aromatic carbocycles. The summed E-state index contributed by atoms with van der Waals surface area (Å²) in [7, 11) is 0. The van der Waals surface area contributed by atoms with Crippen LogP contribution >= 0.6 is 0 Å². The molecule has 0 aromatic heterocycles. The third-order valence-corrected chi connectivity index (χ3v) is 3.40. The Morgan fingerprint density at radius 3 is 2.65 bits per heavy atom. The normalized spacial score (nSPS) is 24.7. The molecule has 0 spiro atoms. The molecule has 1 aliphatic rings. The molecule has 0 saturated heterocycles. The second-order valence-corrected chi connectivity index (χ2v) is 4.54. The molecule has 2 rings (SSSR count). The molecule has 1 aromatic rings. The van der Waals surface area contributed by atoms with Gasteiger partial charge in [0.25, 0.3) is 0 Å². The molecule has 1 nitrogen and oxygen atoms in total. The molecular formula is C16H20O. The number of hydrogen-bond donors (Lipinski definition) is 0. The van der Waals surface area contributed by atoms with E-state index in [1.54, 1.807) is 12.3 Å². The molecule has 0 N–H and O–H groups in total. The van der Waals surface area contributed by atoms with Crippen LogP contribution in [0.25, 0.3) is 0 Å². The van der Waals surface area contributed by atoms with Crippen LogP contribution in [0.15, 0.2) is 55.3 Å². The van der Waals surface area contributed by atoms with Crippen molar-refractivity contribution in [2.24, 2.45) is 0 Å². The predicted molar refractivity (Wildman–Crippen MR) is 71.9 cm³/mol. The summed E-state index contributed by atoms with van der Waals surface area (Å²) < 4.78 is 5.84. The van der Waals surface area contributed by atoms with Gasteiger partial charge in [-0.1, -0.05) is 49.4 Å². The van der Waals surface area contributed by atoms with Crippen molar-refractivity contribution in [2.75, 3.05) is 0 Å². The molecule has 90 valence electrons. The highest BCUT2D eigenvalue weighted by Crippen LogP contribution is 2.34. The molecule has 0 unspecified atom stereocenters. The van der Waals surface area contributed by atoms with Crippen LogP contribution in [-0.4, -0.2) is 6.10 Å². The van der Waals surface area contributed by atoms with Crippen molar-refractivity contribution >= 4 is 0 Å². The lowest BCUT2D eigenvalue weighted by molar-refractivity contribution is 0.0848. The first kappa shape index (κ1) is 12.0. The molecular weight excluding hydrogens is 208 g/mol. The lowest BCUT2D eigenvalue weighted by Gasteiger charge is -2.31. The number of ether oxygens (including phenoxy) is 1. The first-order chi connectivity index (χ1) is 8.42. The van der Waals surface area contributed by atoms with Crippen LogP contribution in [-0.2, 0) is 4.74 Å². The minimum atomic E-state index is 0.322. The van der Waals surface area contributed by atoms with Gasteiger partial charge in [0.1, 0.15) is 6.10 Å². The van der Waals surface area contributed by atoms with Gasteiger partial charge >= 0.3 is 0 Å². The van der Waals surface area contributed by atoms with Gasteiger partial charge < -0.3 is 4.74 Å². The highest BCUT2D eigenvalue weighted by atomic mass is 16.5. The van der Waals surface area contributed by atoms with Crippen LogP contribution in [0.2, 0.25) is 0 Å². The van der Waals surface area contributed by atoms with Crippen molar-refractivity contribution < 1.29 is 4.74 Å². The second-order valence-electron chi connectivity index (χ2n) is 4.54. The monoisotopic (exact) mass is 228 g/mol. The van der Waals surface area contributed by atoms with E-state index in [-0.39, 0.29) is 0 Å². The van der Waals surface area contributed by atoms with E-state index >= 15 is 0 Å². The predicted octanol–water partition coefficient (Wildman–Crippen LogP) is 4.43. The van der Waals surface area contributed by atoms with Crippen LogP contribution in [0.5, 0.6) is 0 Å². The van der Waals surface area contributed by atoms with E-state index in [0.29, 0.717) is 12.0 Å². The molecule has 0 bridgehead atoms. The van der Waals surface area contributed by atoms with E-state index in [9.17, 15) is 0 Å². The van der Waals surface area contributed by atoms with Crippen molar-refractivity contribution in [1.29, 1.82) is 0 Å². The summed E-state index contributed by atoms with van der Waals surface area (Å²) in [4.78, 5) is 0. The van der Waals surface area contributed by atoms with Gasteiger partial charge in [0.15, 0.2) is 0 Å². The highest BCUT2D eigenvalue weighted by molar-refractivity contribution is 5.21. The Hall–Kier alpha value is -1.50. The fraction of sp³-hybridized carbons (Fsp3) is 0.375. The third-order valence-electron chi connectivity index (χ3n) is 3.40. The number of hydrogen-bond acceptors (Lipinski definition) is 1. The van der Waals surface area contributed by atoms with Crippen molar-refractivity contribution in [2.45, 2.75) is 37.7 Å². The van der Waals surface area contributed by atoms with E-state index < -0.39 is 0 Å². The lowest BCUT2D eigenvalue weighted by Crippen LogP contribution is -2.24. The average molecular weight is 228 g/mol. The fourth-order valence-electron chi connectivity index (χ4n) is 2.54. The van der Waals surface area contributed by atoms with Crippen LogP contribution in [0.3, 0.4) is 0 Å². The fourth-order valence-corrected chi connectivity index (χ4v) is 2.54. The molecule has 1 heteroatoms. The number of allylic oxidation sites excluding steroid dienone is 2. The Labute approximate surface area is 104 Å². The van der Waals surface area contributed by atoms with Gasteiger partial charge in [0, 0.05) is 5.92 Å². The summed E-state index contributed by atoms with van der Waals surface area (Å²) in [6.45, 7) is 3.65. The summed E-state index contributed by atoms with van der Waals surface area (Å²) in [5, 5.41) is 0. The Morgan fingerprint density at radius 1 is 1.12 bits per heavy atom. The van der Waals surface area contributed by atoms with Gasteiger partial charge in [-0.25, -0.2) is 0 Å². The Morgan fingerprint density at radius 2 is 1.88 bits per heavy atom. The van der Waals surface area contributed by atoms with E-state index in [2.05, 4.69) is 36.9 Å². The maximum atomic E-state index is 5.84. The molecule has 17 heavy (non-hydrogen) atoms. The summed E-state index contributed by atoms with van der Waals surface area (Å²) in [5.41, 5.74) is 1.41. The average Bonchev–Trinajstić information content (AvgIpc) is 2.41. The zero-order valence-corrected chi connectivity index (χ0v) is 10.2. The lowest BCUT2D eigenvalue weighted by atomic mass is 9.81. The second kappa shape index (κ2) is 6.29. The first-order valence-corrected chi connectivity index (χ1v) is 6.40. The van der Waals surface area contributed by atoms with E-state index in [4.69, 9.17) is 4.74 Å². The molecule has 0 aliphatic heterocycles. The van der Waals surface area contributed by atoms with E-state index in [1.165, 1.54) is 24.8 Å². The van der Waals surface area contributed by atoms with Gasteiger partial charge in [-0.05, 0) is 30.9 Å². The topological polar surface area (TPSA) is 9.23 Å². The third kappa shape index (κ3) is 3.23. The SMILES string of the molecule is C=C/C=C/O[C@H]1CCCC[C@@H]1c1ccccc1. The maximum Gasteiger partial charge on any atom is 0.105 e. The zero-order chi connectivity index (χ0) is 11.9. The Kier molecular flexibility index (Phi) is 4.43. The first-order valence-electron chi connectivity index (χ1n) is 6.40. The summed E-state index contributed by atoms with van der Waals surface area (Å²) >= 11 is 0. The molecule has 1 saturated carbocycles. The molecule has 0 heterocycles. The smallest absolute Gasteiger partial charge is 0.105 e. The Bertz CT molecular complexity index is 366. The van der Waals surface area contributed by atoms with Crippen molar-refractivity contribution in [3.05, 3.63) is 60.9 Å². The van der Waals surface area contributed by atoms with Gasteiger partial charge in [-0.2, -0.15) is 0 Å². The quantitative estimate of drug-likeness (QED) is 0.547. The van der Waals surface area contributed by atoms with E-state index in [0.717, 1.165) is 6.42 Å².